The molecule has 1 aliphatic heterocycles. The average Bonchev–Trinajstić information content (AvgIpc) is 2.92. The monoisotopic (exact) mass is 520 g/mol. The lowest BCUT2D eigenvalue weighted by Gasteiger charge is -2.44. The van der Waals surface area contributed by atoms with Crippen molar-refractivity contribution in [3.63, 3.8) is 0 Å². The van der Waals surface area contributed by atoms with Gasteiger partial charge in [-0.2, -0.15) is 4.31 Å². The van der Waals surface area contributed by atoms with Crippen LogP contribution in [0, 0.1) is 5.82 Å². The summed E-state index contributed by atoms with van der Waals surface area (Å²) in [5.74, 6) is -1.58. The summed E-state index contributed by atoms with van der Waals surface area (Å²) >= 11 is 6.68. The zero-order valence-electron chi connectivity index (χ0n) is 19.4. The molecule has 35 heavy (non-hydrogen) atoms. The van der Waals surface area contributed by atoms with Crippen molar-refractivity contribution in [3.05, 3.63) is 77.1 Å². The Labute approximate surface area is 209 Å². The normalized spacial score (nSPS) is 19.4. The number of hydrogen-bond acceptors (Lipinski definition) is 7. The van der Waals surface area contributed by atoms with Crippen LogP contribution in [0.15, 0.2) is 65.6 Å². The number of fused-ring (bicyclic) bond motifs is 1. The third-order valence-corrected chi connectivity index (χ3v) is 8.48. The highest BCUT2D eigenvalue weighted by atomic mass is 35.5. The van der Waals surface area contributed by atoms with Crippen LogP contribution in [0.25, 0.3) is 11.1 Å². The number of methoxy groups -OCH3 is 1. The number of hydrogen-bond donors (Lipinski definition) is 3. The van der Waals surface area contributed by atoms with Crippen LogP contribution >= 0.6 is 22.4 Å². The number of halogens is 2. The fraction of sp³-hybridized carbons (Fsp3) is 0.240. The Balaban J connectivity index is 1.96. The zero-order chi connectivity index (χ0) is 25.5. The Bertz CT molecular complexity index is 1260. The topological polar surface area (TPSA) is 93.5 Å². The third-order valence-electron chi connectivity index (χ3n) is 6.18. The first-order valence-electron chi connectivity index (χ1n) is 10.8. The van der Waals surface area contributed by atoms with Crippen molar-refractivity contribution in [2.45, 2.75) is 24.0 Å². The molecule has 0 amide bonds. The van der Waals surface area contributed by atoms with Gasteiger partial charge in [0.15, 0.2) is 0 Å². The van der Waals surface area contributed by atoms with Crippen LogP contribution in [0.5, 0.6) is 0 Å². The number of nitrogens with zero attached hydrogens (tertiary/aromatic N) is 2. The van der Waals surface area contributed by atoms with E-state index in [1.54, 1.807) is 20.0 Å². The van der Waals surface area contributed by atoms with Gasteiger partial charge in [-0.25, -0.2) is 9.18 Å². The molecule has 186 valence electrons. The molecule has 3 N–H and O–H groups in total. The van der Waals surface area contributed by atoms with Crippen LogP contribution in [0.4, 0.5) is 15.8 Å². The van der Waals surface area contributed by atoms with Crippen LogP contribution in [-0.2, 0) is 4.74 Å². The van der Waals surface area contributed by atoms with Gasteiger partial charge >= 0.3 is 5.97 Å². The maximum absolute atomic E-state index is 14.2. The summed E-state index contributed by atoms with van der Waals surface area (Å²) in [6.45, 7) is 1.86. The van der Waals surface area contributed by atoms with Crippen LogP contribution in [-0.4, -0.2) is 57.3 Å². The van der Waals surface area contributed by atoms with Crippen molar-refractivity contribution < 1.29 is 28.1 Å². The van der Waals surface area contributed by atoms with Crippen LogP contribution in [0.2, 0.25) is 5.02 Å². The fourth-order valence-corrected chi connectivity index (χ4v) is 6.13. The minimum atomic E-state index is -3.57. The first-order valence-corrected chi connectivity index (χ1v) is 12.7. The number of aliphatic hydroxyl groups is 1. The first-order chi connectivity index (χ1) is 16.6. The number of para-hydroxylation sites is 1. The second kappa shape index (κ2) is 9.77. The van der Waals surface area contributed by atoms with Gasteiger partial charge in [0.1, 0.15) is 5.82 Å². The SMILES string of the molecule is COC(=O)c1cc(-c2cc3c(cc2Cl)N(c2ccccc2)CC([C@H](C)O)N(C)S3(O)O)ccc1F. The molecule has 0 aromatic heterocycles. The Kier molecular flexibility index (Phi) is 7.10. The highest BCUT2D eigenvalue weighted by molar-refractivity contribution is 8.22. The van der Waals surface area contributed by atoms with Crippen LogP contribution in [0.1, 0.15) is 17.3 Å². The molecule has 4 rings (SSSR count). The van der Waals surface area contributed by atoms with Gasteiger partial charge in [0.05, 0.1) is 40.4 Å². The van der Waals surface area contributed by atoms with E-state index < -0.39 is 34.7 Å². The molecule has 3 aromatic rings. The number of carbonyl (C=O) groups is 1. The molecule has 2 atom stereocenters. The molecular formula is C25H26ClFN2O5S. The van der Waals surface area contributed by atoms with Crippen LogP contribution in [0.3, 0.4) is 0 Å². The third kappa shape index (κ3) is 4.63. The number of aliphatic hydroxyl groups excluding tert-OH is 1. The summed E-state index contributed by atoms with van der Waals surface area (Å²) < 4.78 is 43.1. The lowest BCUT2D eigenvalue weighted by Crippen LogP contribution is -2.45. The minimum absolute atomic E-state index is 0.190. The van der Waals surface area contributed by atoms with Crippen molar-refractivity contribution >= 4 is 39.7 Å². The summed E-state index contributed by atoms with van der Waals surface area (Å²) in [5, 5.41) is 10.7. The van der Waals surface area contributed by atoms with E-state index in [2.05, 4.69) is 4.74 Å². The number of benzene rings is 3. The largest absolute Gasteiger partial charge is 0.465 e. The van der Waals surface area contributed by atoms with Gasteiger partial charge in [-0.15, -0.1) is 10.8 Å². The summed E-state index contributed by atoms with van der Waals surface area (Å²) in [6, 6.07) is 15.8. The number of rotatable bonds is 4. The molecule has 0 bridgehead atoms. The molecule has 1 heterocycles. The first kappa shape index (κ1) is 25.4. The van der Waals surface area contributed by atoms with E-state index in [0.717, 1.165) is 18.9 Å². The Morgan fingerprint density at radius 1 is 1.17 bits per heavy atom. The Morgan fingerprint density at radius 2 is 1.86 bits per heavy atom. The standard InChI is InChI=1S/C25H26ClFN2O5S/c1-15(30)23-14-29(17-7-5-4-6-8-17)22-13-20(26)18(12-24(22)35(32,33)28(23)2)16-9-10-21(27)19(11-16)25(31)34-3/h4-13,15,23,30,32-33H,14H2,1-3H3/t15-,23?/m0/s1. The number of ether oxygens (including phenoxy) is 1. The maximum atomic E-state index is 14.2. The van der Waals surface area contributed by atoms with Crippen LogP contribution < -0.4 is 4.90 Å². The number of anilines is 2. The van der Waals surface area contributed by atoms with Crippen molar-refractivity contribution in [2.24, 2.45) is 0 Å². The summed E-state index contributed by atoms with van der Waals surface area (Å²) in [5.41, 5.74) is 1.77. The molecule has 0 radical (unpaired) electrons. The molecule has 3 aromatic carbocycles. The number of likely N-dealkylation sites (N-methyl/N-ethyl adjacent to an activating group) is 1. The lowest BCUT2D eigenvalue weighted by atomic mass is 10.0. The molecule has 7 nitrogen and oxygen atoms in total. The van der Waals surface area contributed by atoms with E-state index in [4.69, 9.17) is 11.6 Å². The van der Waals surface area contributed by atoms with E-state index >= 15 is 0 Å². The number of carbonyl (C=O) groups excluding carboxylic acids is 1. The second-order valence-corrected chi connectivity index (χ2v) is 10.8. The Hall–Kier alpha value is -2.66. The smallest absolute Gasteiger partial charge is 0.340 e. The van der Waals surface area contributed by atoms with Gasteiger partial charge < -0.3 is 14.7 Å². The summed E-state index contributed by atoms with van der Waals surface area (Å²) in [7, 11) is -0.865. The molecule has 1 unspecified atom stereocenters. The summed E-state index contributed by atoms with van der Waals surface area (Å²) in [4.78, 5) is 14.1. The van der Waals surface area contributed by atoms with E-state index in [9.17, 15) is 23.4 Å². The van der Waals surface area contributed by atoms with Crippen molar-refractivity contribution in [2.75, 3.05) is 25.6 Å². The average molecular weight is 521 g/mol. The zero-order valence-corrected chi connectivity index (χ0v) is 20.9. The molecule has 0 saturated heterocycles. The fourth-order valence-electron chi connectivity index (χ4n) is 4.21. The Morgan fingerprint density at radius 3 is 2.49 bits per heavy atom. The van der Waals surface area contributed by atoms with Gasteiger partial charge in [-0.1, -0.05) is 35.9 Å². The van der Waals surface area contributed by atoms with Crippen molar-refractivity contribution in [1.29, 1.82) is 0 Å². The molecule has 0 aliphatic carbocycles. The van der Waals surface area contributed by atoms with E-state index in [1.807, 2.05) is 35.2 Å². The quantitative estimate of drug-likeness (QED) is 0.375. The maximum Gasteiger partial charge on any atom is 0.340 e. The molecule has 10 heteroatoms. The second-order valence-electron chi connectivity index (χ2n) is 8.31. The van der Waals surface area contributed by atoms with Gasteiger partial charge in [-0.3, -0.25) is 9.11 Å². The van der Waals surface area contributed by atoms with Gasteiger partial charge in [0.25, 0.3) is 0 Å². The molecule has 0 fully saturated rings. The highest BCUT2D eigenvalue weighted by Crippen LogP contribution is 2.59. The lowest BCUT2D eigenvalue weighted by molar-refractivity contribution is 0.0595. The van der Waals surface area contributed by atoms with Crippen molar-refractivity contribution in [1.82, 2.24) is 4.31 Å². The van der Waals surface area contributed by atoms with Crippen molar-refractivity contribution in [3.8, 4) is 11.1 Å². The molecule has 0 spiro atoms. The predicted octanol–water partition coefficient (Wildman–Crippen LogP) is 5.79. The van der Waals surface area contributed by atoms with E-state index in [0.29, 0.717) is 16.8 Å². The van der Waals surface area contributed by atoms with E-state index in [-0.39, 0.29) is 22.0 Å². The summed E-state index contributed by atoms with van der Waals surface area (Å²) in [6.07, 6.45) is -0.874. The highest BCUT2D eigenvalue weighted by Gasteiger charge is 2.39. The minimum Gasteiger partial charge on any atom is -0.465 e. The predicted molar refractivity (Wildman–Crippen MR) is 136 cm³/mol. The molecule has 0 saturated carbocycles. The van der Waals surface area contributed by atoms with E-state index in [1.165, 1.54) is 22.5 Å². The molecule has 1 aliphatic rings. The van der Waals surface area contributed by atoms with Gasteiger partial charge in [0, 0.05) is 24.8 Å². The molecular weight excluding hydrogens is 495 g/mol. The van der Waals surface area contributed by atoms with Gasteiger partial charge in [-0.05, 0) is 48.9 Å². The van der Waals surface area contributed by atoms with Gasteiger partial charge in [0.2, 0.25) is 0 Å². The number of esters is 1.